The zero-order valence-electron chi connectivity index (χ0n) is 20.5. The number of rotatable bonds is 22. The van der Waals surface area contributed by atoms with Crippen molar-refractivity contribution in [1.29, 1.82) is 0 Å². The van der Waals surface area contributed by atoms with E-state index in [1.54, 1.807) is 12.1 Å². The first kappa shape index (κ1) is 28.0. The van der Waals surface area contributed by atoms with Gasteiger partial charge >= 0.3 is 0 Å². The average molecular weight is 409 g/mol. The third kappa shape index (κ3) is 19.3. The van der Waals surface area contributed by atoms with E-state index < -0.39 is 8.07 Å². The molecule has 1 unspecified atom stereocenters. The lowest BCUT2D eigenvalue weighted by molar-refractivity contribution is 0.583. The van der Waals surface area contributed by atoms with Crippen molar-refractivity contribution < 1.29 is 0 Å². The van der Waals surface area contributed by atoms with E-state index in [0.29, 0.717) is 0 Å². The highest BCUT2D eigenvalue weighted by atomic mass is 28.3. The van der Waals surface area contributed by atoms with Crippen LogP contribution in [0.1, 0.15) is 143 Å². The Morgan fingerprint density at radius 3 is 1.25 bits per heavy atom. The second-order valence-electron chi connectivity index (χ2n) is 9.65. The molecule has 0 saturated heterocycles. The molecule has 1 heteroatoms. The van der Waals surface area contributed by atoms with Crippen LogP contribution in [0.4, 0.5) is 0 Å². The Bertz CT molecular complexity index is 322. The summed E-state index contributed by atoms with van der Waals surface area (Å²) in [6, 6.07) is 3.09. The molecule has 0 aliphatic heterocycles. The van der Waals surface area contributed by atoms with Gasteiger partial charge in [-0.15, -0.1) is 0 Å². The minimum absolute atomic E-state index is 1.15. The third-order valence-electron chi connectivity index (χ3n) is 6.45. The lowest BCUT2D eigenvalue weighted by atomic mass is 10.1. The first-order valence-electron chi connectivity index (χ1n) is 13.4. The molecule has 0 nitrogen and oxygen atoms in total. The normalized spacial score (nSPS) is 14.0. The molecule has 0 aliphatic rings. The van der Waals surface area contributed by atoms with Crippen molar-refractivity contribution >= 4 is 8.07 Å². The maximum absolute atomic E-state index is 2.76. The molecule has 0 bridgehead atoms. The highest BCUT2D eigenvalue weighted by Crippen LogP contribution is 2.25. The molecule has 0 rings (SSSR count). The van der Waals surface area contributed by atoms with Crippen LogP contribution in [0.3, 0.4) is 0 Å². The van der Waals surface area contributed by atoms with E-state index in [1.807, 2.05) is 0 Å². The van der Waals surface area contributed by atoms with Crippen LogP contribution in [-0.4, -0.2) is 8.07 Å². The van der Waals surface area contributed by atoms with E-state index in [9.17, 15) is 0 Å². The summed E-state index contributed by atoms with van der Waals surface area (Å²) in [6.45, 7) is 9.62. The van der Waals surface area contributed by atoms with Gasteiger partial charge in [-0.2, -0.15) is 0 Å². The topological polar surface area (TPSA) is 0 Å². The standard InChI is InChI=1S/C27H56Si/c1-5-8-11-14-17-18-21-24-27-28(4,25-22-19-15-12-9-6-2)26-23-20-16-13-10-7-3/h22,25H,5-21,23-24,26-27H2,1-4H3/b25-22+. The SMILES string of the molecule is CCCCCC/C=C/[Si](C)(CCCCCCCC)CCCCCCCCCC. The minimum Gasteiger partial charge on any atom is -0.0984 e. The van der Waals surface area contributed by atoms with Crippen molar-refractivity contribution in [2.75, 3.05) is 0 Å². The molecule has 0 spiro atoms. The lowest BCUT2D eigenvalue weighted by Gasteiger charge is -2.24. The number of hydrogen-bond donors (Lipinski definition) is 0. The van der Waals surface area contributed by atoms with Gasteiger partial charge in [-0.3, -0.25) is 0 Å². The van der Waals surface area contributed by atoms with Crippen LogP contribution in [-0.2, 0) is 0 Å². The van der Waals surface area contributed by atoms with Crippen LogP contribution >= 0.6 is 0 Å². The fourth-order valence-electron chi connectivity index (χ4n) is 4.32. The Balaban J connectivity index is 4.13. The highest BCUT2D eigenvalue weighted by molar-refractivity contribution is 6.83. The van der Waals surface area contributed by atoms with Gasteiger partial charge in [0.15, 0.2) is 0 Å². The Labute approximate surface area is 181 Å². The van der Waals surface area contributed by atoms with Gasteiger partial charge in [-0.25, -0.2) is 0 Å². The predicted octanol–water partition coefficient (Wildman–Crippen LogP) is 10.6. The Hall–Kier alpha value is -0.0431. The van der Waals surface area contributed by atoms with Gasteiger partial charge < -0.3 is 0 Å². The molecule has 0 aromatic carbocycles. The molecular formula is C27H56Si. The van der Waals surface area contributed by atoms with Crippen molar-refractivity contribution in [1.82, 2.24) is 0 Å². The molecule has 0 aromatic rings. The van der Waals surface area contributed by atoms with Crippen molar-refractivity contribution in [3.05, 3.63) is 11.8 Å². The molecule has 0 N–H and O–H groups in total. The minimum atomic E-state index is -1.15. The Morgan fingerprint density at radius 1 is 0.464 bits per heavy atom. The maximum atomic E-state index is 2.76. The Morgan fingerprint density at radius 2 is 0.821 bits per heavy atom. The molecule has 0 aromatic heterocycles. The first-order chi connectivity index (χ1) is 13.7. The molecule has 28 heavy (non-hydrogen) atoms. The van der Waals surface area contributed by atoms with E-state index in [1.165, 1.54) is 122 Å². The summed E-state index contributed by atoms with van der Waals surface area (Å²) in [4.78, 5) is 0. The number of hydrogen-bond acceptors (Lipinski definition) is 0. The van der Waals surface area contributed by atoms with Crippen molar-refractivity contribution in [3.63, 3.8) is 0 Å². The van der Waals surface area contributed by atoms with E-state index >= 15 is 0 Å². The Kier molecular flexibility index (Phi) is 21.6. The van der Waals surface area contributed by atoms with Crippen molar-refractivity contribution in [2.45, 2.75) is 161 Å². The molecule has 0 aliphatic carbocycles. The van der Waals surface area contributed by atoms with Crippen LogP contribution in [0.5, 0.6) is 0 Å². The zero-order chi connectivity index (χ0) is 20.8. The quantitative estimate of drug-likeness (QED) is 0.123. The molecular weight excluding hydrogens is 352 g/mol. The molecule has 168 valence electrons. The van der Waals surface area contributed by atoms with E-state index in [0.717, 1.165) is 0 Å². The van der Waals surface area contributed by atoms with Crippen LogP contribution in [0.25, 0.3) is 0 Å². The summed E-state index contributed by atoms with van der Waals surface area (Å²) in [6.07, 6.45) is 29.9. The molecule has 0 amide bonds. The van der Waals surface area contributed by atoms with Crippen molar-refractivity contribution in [3.8, 4) is 0 Å². The summed E-state index contributed by atoms with van der Waals surface area (Å²) in [5.74, 6) is 0. The molecule has 0 heterocycles. The highest BCUT2D eigenvalue weighted by Gasteiger charge is 2.22. The first-order valence-corrected chi connectivity index (χ1v) is 16.4. The molecule has 0 saturated carbocycles. The summed E-state index contributed by atoms with van der Waals surface area (Å²) < 4.78 is 0. The van der Waals surface area contributed by atoms with Gasteiger partial charge in [0.25, 0.3) is 0 Å². The average Bonchev–Trinajstić information content (AvgIpc) is 2.69. The van der Waals surface area contributed by atoms with Crippen LogP contribution < -0.4 is 0 Å². The lowest BCUT2D eigenvalue weighted by Crippen LogP contribution is -2.27. The van der Waals surface area contributed by atoms with Gasteiger partial charge in [0.2, 0.25) is 0 Å². The van der Waals surface area contributed by atoms with E-state index in [2.05, 4.69) is 39.1 Å². The molecule has 0 fully saturated rings. The van der Waals surface area contributed by atoms with Gasteiger partial charge in [0.05, 0.1) is 8.07 Å². The number of allylic oxidation sites excluding steroid dienone is 1. The smallest absolute Gasteiger partial charge is 0.0743 e. The monoisotopic (exact) mass is 408 g/mol. The van der Waals surface area contributed by atoms with Gasteiger partial charge in [-0.05, 0) is 12.8 Å². The van der Waals surface area contributed by atoms with E-state index in [-0.39, 0.29) is 0 Å². The zero-order valence-corrected chi connectivity index (χ0v) is 21.5. The second kappa shape index (κ2) is 21.7. The fourth-order valence-corrected chi connectivity index (χ4v) is 7.75. The van der Waals surface area contributed by atoms with Gasteiger partial charge in [0, 0.05) is 0 Å². The molecule has 1 atom stereocenters. The van der Waals surface area contributed by atoms with E-state index in [4.69, 9.17) is 0 Å². The predicted molar refractivity (Wildman–Crippen MR) is 135 cm³/mol. The summed E-state index contributed by atoms with van der Waals surface area (Å²) in [5, 5.41) is 0. The van der Waals surface area contributed by atoms with Gasteiger partial charge in [0.1, 0.15) is 0 Å². The molecule has 0 radical (unpaired) electrons. The maximum Gasteiger partial charge on any atom is 0.0743 e. The second-order valence-corrected chi connectivity index (χ2v) is 14.3. The van der Waals surface area contributed by atoms with Crippen LogP contribution in [0.2, 0.25) is 18.6 Å². The number of unbranched alkanes of at least 4 members (excludes halogenated alkanes) is 16. The van der Waals surface area contributed by atoms with Crippen LogP contribution in [0.15, 0.2) is 11.8 Å². The van der Waals surface area contributed by atoms with Crippen LogP contribution in [0, 0.1) is 0 Å². The fraction of sp³-hybridized carbons (Fsp3) is 0.926. The van der Waals surface area contributed by atoms with Crippen molar-refractivity contribution in [2.24, 2.45) is 0 Å². The summed E-state index contributed by atoms with van der Waals surface area (Å²) >= 11 is 0. The summed E-state index contributed by atoms with van der Waals surface area (Å²) in [5.41, 5.74) is 2.76. The summed E-state index contributed by atoms with van der Waals surface area (Å²) in [7, 11) is -1.15. The van der Waals surface area contributed by atoms with Gasteiger partial charge in [-0.1, -0.05) is 160 Å². The largest absolute Gasteiger partial charge is 0.0984 e. The third-order valence-corrected chi connectivity index (χ3v) is 10.5.